The van der Waals surface area contributed by atoms with E-state index in [0.717, 1.165) is 95.8 Å². The highest BCUT2D eigenvalue weighted by Gasteiger charge is 2.30. The molecule has 19 heteroatoms. The average molecular weight is 1470 g/mol. The molecule has 0 aliphatic heterocycles. The minimum absolute atomic E-state index is 0.106. The largest absolute Gasteiger partial charge is 0.472 e. The molecule has 0 saturated carbocycles. The summed E-state index contributed by atoms with van der Waals surface area (Å²) in [5, 5.41) is 10.6. The maximum Gasteiger partial charge on any atom is 0.472 e. The first kappa shape index (κ1) is 98.1. The lowest BCUT2D eigenvalue weighted by Crippen LogP contribution is -2.30. The van der Waals surface area contributed by atoms with Gasteiger partial charge in [0.15, 0.2) is 12.2 Å². The lowest BCUT2D eigenvalue weighted by Gasteiger charge is -2.21. The molecule has 0 bridgehead atoms. The van der Waals surface area contributed by atoms with Crippen LogP contribution >= 0.6 is 15.6 Å². The summed E-state index contributed by atoms with van der Waals surface area (Å²) in [6, 6.07) is 0. The summed E-state index contributed by atoms with van der Waals surface area (Å²) in [5.74, 6) is -1.37. The molecule has 0 fully saturated rings. The van der Waals surface area contributed by atoms with Crippen LogP contribution in [0, 0.1) is 5.92 Å². The Morgan fingerprint density at radius 2 is 0.460 bits per heavy atom. The number of hydrogen-bond acceptors (Lipinski definition) is 15. The number of hydrogen-bond donors (Lipinski definition) is 3. The standard InChI is InChI=1S/C81H158O17P2/c1-6-9-12-15-18-21-24-26-28-30-32-33-35-37-39-41-46-51-56-61-66-80(85)97-76(71-92-79(84)65-60-55-50-45-40-38-36-34-31-29-27-25-22-19-16-13-10-7-2)72-95-99(87,88)93-68-75(82)69-94-100(89,90)96-73-77(70-91-78(83)64-59-54-49-44-23-20-17-14-11-8-3)98-81(86)67-62-57-52-47-42-43-48-53-58-63-74(4)5/h74-77,82H,6-73H2,1-5H3,(H,87,88)(H,89,90)/t75-,76-,77-/m1/s1. The van der Waals surface area contributed by atoms with Gasteiger partial charge in [0.1, 0.15) is 19.3 Å². The molecule has 0 amide bonds. The fourth-order valence-corrected chi connectivity index (χ4v) is 14.2. The van der Waals surface area contributed by atoms with E-state index in [4.69, 9.17) is 37.0 Å². The molecule has 100 heavy (non-hydrogen) atoms. The van der Waals surface area contributed by atoms with Gasteiger partial charge in [0.25, 0.3) is 0 Å². The van der Waals surface area contributed by atoms with Crippen molar-refractivity contribution in [1.82, 2.24) is 0 Å². The lowest BCUT2D eigenvalue weighted by atomic mass is 10.0. The second kappa shape index (κ2) is 73.9. The van der Waals surface area contributed by atoms with Gasteiger partial charge in [-0.05, 0) is 31.6 Å². The van der Waals surface area contributed by atoms with E-state index in [0.29, 0.717) is 25.7 Å². The molecule has 17 nitrogen and oxygen atoms in total. The highest BCUT2D eigenvalue weighted by Crippen LogP contribution is 2.45. The van der Waals surface area contributed by atoms with Crippen molar-refractivity contribution in [3.05, 3.63) is 0 Å². The van der Waals surface area contributed by atoms with E-state index in [1.807, 2.05) is 0 Å². The Bertz CT molecular complexity index is 1910. The number of carbonyl (C=O) groups excluding carboxylic acids is 4. The van der Waals surface area contributed by atoms with Crippen molar-refractivity contribution in [2.45, 2.75) is 451 Å². The minimum Gasteiger partial charge on any atom is -0.462 e. The molecule has 0 aromatic carbocycles. The van der Waals surface area contributed by atoms with Gasteiger partial charge in [-0.25, -0.2) is 9.13 Å². The van der Waals surface area contributed by atoms with Crippen molar-refractivity contribution < 1.29 is 80.2 Å². The van der Waals surface area contributed by atoms with Crippen LogP contribution in [0.5, 0.6) is 0 Å². The Hall–Kier alpha value is -1.94. The van der Waals surface area contributed by atoms with Gasteiger partial charge in [-0.15, -0.1) is 0 Å². The topological polar surface area (TPSA) is 237 Å². The van der Waals surface area contributed by atoms with Gasteiger partial charge in [0.2, 0.25) is 0 Å². The van der Waals surface area contributed by atoms with Crippen LogP contribution in [0.25, 0.3) is 0 Å². The van der Waals surface area contributed by atoms with E-state index in [2.05, 4.69) is 34.6 Å². The highest BCUT2D eigenvalue weighted by atomic mass is 31.2. The van der Waals surface area contributed by atoms with E-state index in [-0.39, 0.29) is 25.7 Å². The maximum absolute atomic E-state index is 13.1. The monoisotopic (exact) mass is 1470 g/mol. The molecule has 0 aliphatic carbocycles. The summed E-state index contributed by atoms with van der Waals surface area (Å²) in [5.41, 5.74) is 0. The zero-order valence-corrected chi connectivity index (χ0v) is 67.1. The number of aliphatic hydroxyl groups is 1. The molecule has 0 heterocycles. The maximum atomic E-state index is 13.1. The molecule has 0 rings (SSSR count). The Morgan fingerprint density at radius 3 is 0.680 bits per heavy atom. The summed E-state index contributed by atoms with van der Waals surface area (Å²) in [7, 11) is -9.92. The molecule has 0 spiro atoms. The number of unbranched alkanes of at least 4 members (excludes halogenated alkanes) is 53. The Balaban J connectivity index is 5.21. The van der Waals surface area contributed by atoms with Gasteiger partial charge in [-0.1, -0.05) is 381 Å². The van der Waals surface area contributed by atoms with Gasteiger partial charge >= 0.3 is 39.5 Å². The number of phosphoric ester groups is 2. The van der Waals surface area contributed by atoms with Crippen LogP contribution in [0.3, 0.4) is 0 Å². The zero-order chi connectivity index (χ0) is 73.4. The fourth-order valence-electron chi connectivity index (χ4n) is 12.6. The van der Waals surface area contributed by atoms with Gasteiger partial charge in [0.05, 0.1) is 26.4 Å². The molecule has 5 atom stereocenters. The summed E-state index contributed by atoms with van der Waals surface area (Å²) in [6.45, 7) is 7.29. The molecule has 0 aromatic heterocycles. The summed E-state index contributed by atoms with van der Waals surface area (Å²) in [6.07, 6.45) is 65.3. The summed E-state index contributed by atoms with van der Waals surface area (Å²) in [4.78, 5) is 73.0. The summed E-state index contributed by atoms with van der Waals surface area (Å²) < 4.78 is 68.7. The van der Waals surface area contributed by atoms with E-state index < -0.39 is 97.5 Å². The van der Waals surface area contributed by atoms with Gasteiger partial charge in [0, 0.05) is 25.7 Å². The molecule has 0 saturated heterocycles. The van der Waals surface area contributed by atoms with Gasteiger partial charge in [-0.3, -0.25) is 37.3 Å². The first-order chi connectivity index (χ1) is 48.5. The van der Waals surface area contributed by atoms with Crippen LogP contribution in [-0.2, 0) is 65.4 Å². The number of rotatable bonds is 81. The minimum atomic E-state index is -4.96. The Kier molecular flexibility index (Phi) is 72.5. The zero-order valence-electron chi connectivity index (χ0n) is 65.3. The van der Waals surface area contributed by atoms with Crippen molar-refractivity contribution in [2.75, 3.05) is 39.6 Å². The number of phosphoric acid groups is 2. The van der Waals surface area contributed by atoms with Crippen molar-refractivity contribution >= 4 is 39.5 Å². The fraction of sp³-hybridized carbons (Fsp3) is 0.951. The van der Waals surface area contributed by atoms with E-state index in [1.54, 1.807) is 0 Å². The predicted octanol–water partition coefficient (Wildman–Crippen LogP) is 24.4. The van der Waals surface area contributed by atoms with E-state index >= 15 is 0 Å². The smallest absolute Gasteiger partial charge is 0.462 e. The van der Waals surface area contributed by atoms with Crippen LogP contribution in [0.2, 0.25) is 0 Å². The average Bonchev–Trinajstić information content (AvgIpc) is 0.928. The molecule has 0 aromatic rings. The van der Waals surface area contributed by atoms with Crippen LogP contribution in [0.15, 0.2) is 0 Å². The first-order valence-electron chi connectivity index (χ1n) is 42.1. The van der Waals surface area contributed by atoms with Crippen molar-refractivity contribution in [3.8, 4) is 0 Å². The third kappa shape index (κ3) is 74.3. The normalized spacial score (nSPS) is 13.8. The second-order valence-electron chi connectivity index (χ2n) is 29.6. The van der Waals surface area contributed by atoms with Crippen LogP contribution in [0.4, 0.5) is 0 Å². The summed E-state index contributed by atoms with van der Waals surface area (Å²) >= 11 is 0. The van der Waals surface area contributed by atoms with Crippen molar-refractivity contribution in [3.63, 3.8) is 0 Å². The second-order valence-corrected chi connectivity index (χ2v) is 32.5. The number of carbonyl (C=O) groups is 4. The van der Waals surface area contributed by atoms with Crippen LogP contribution < -0.4 is 0 Å². The van der Waals surface area contributed by atoms with Crippen molar-refractivity contribution in [1.29, 1.82) is 0 Å². The number of aliphatic hydroxyl groups excluding tert-OH is 1. The molecule has 3 N–H and O–H groups in total. The quantitative estimate of drug-likeness (QED) is 0.0222. The van der Waals surface area contributed by atoms with Crippen molar-refractivity contribution in [2.24, 2.45) is 5.92 Å². The molecule has 0 aliphatic rings. The van der Waals surface area contributed by atoms with Crippen LogP contribution in [-0.4, -0.2) is 96.7 Å². The number of esters is 4. The van der Waals surface area contributed by atoms with Crippen LogP contribution in [0.1, 0.15) is 433 Å². The molecule has 0 radical (unpaired) electrons. The highest BCUT2D eigenvalue weighted by molar-refractivity contribution is 7.47. The number of ether oxygens (including phenoxy) is 4. The van der Waals surface area contributed by atoms with Gasteiger partial charge in [-0.2, -0.15) is 0 Å². The molecular weight excluding hydrogens is 1310 g/mol. The lowest BCUT2D eigenvalue weighted by molar-refractivity contribution is -0.161. The van der Waals surface area contributed by atoms with Gasteiger partial charge < -0.3 is 33.8 Å². The molecule has 594 valence electrons. The Labute approximate surface area is 613 Å². The third-order valence-corrected chi connectivity index (χ3v) is 20.9. The Morgan fingerprint density at radius 1 is 0.270 bits per heavy atom. The predicted molar refractivity (Wildman–Crippen MR) is 409 cm³/mol. The third-order valence-electron chi connectivity index (χ3n) is 19.0. The SMILES string of the molecule is CCCCCCCCCCCCCCCCCCCCCCC(=O)O[C@H](COC(=O)CCCCCCCCCCCCCCCCCCCC)COP(=O)(O)OC[C@@H](O)COP(=O)(O)OC[C@@H](COC(=O)CCCCCCCCCCCC)OC(=O)CCCCCCCCCCCC(C)C. The van der Waals surface area contributed by atoms with E-state index in [9.17, 15) is 43.2 Å². The molecule has 2 unspecified atom stereocenters. The van der Waals surface area contributed by atoms with E-state index in [1.165, 1.54) is 257 Å². The first-order valence-corrected chi connectivity index (χ1v) is 45.1. The molecular formula is C81H158O17P2.